The SMILES string of the molecule is C[C@@H](OC(=O)c1csc(-c2ccccc2)n1)C(=O)Nc1ccc(F)cc1. The predicted molar refractivity (Wildman–Crippen MR) is 97.5 cm³/mol. The predicted octanol–water partition coefficient (Wildman–Crippen LogP) is 4.13. The Hall–Kier alpha value is -3.06. The van der Waals surface area contributed by atoms with Crippen LogP contribution in [0.5, 0.6) is 0 Å². The number of nitrogens with zero attached hydrogens (tertiary/aromatic N) is 1. The van der Waals surface area contributed by atoms with Crippen LogP contribution in [0.1, 0.15) is 17.4 Å². The Balaban J connectivity index is 1.61. The van der Waals surface area contributed by atoms with Crippen molar-refractivity contribution in [3.05, 3.63) is 71.5 Å². The molecular formula is C19H15FN2O3S. The van der Waals surface area contributed by atoms with E-state index >= 15 is 0 Å². The molecule has 1 atom stereocenters. The number of benzene rings is 2. The maximum Gasteiger partial charge on any atom is 0.358 e. The summed E-state index contributed by atoms with van der Waals surface area (Å²) in [4.78, 5) is 28.5. The zero-order valence-electron chi connectivity index (χ0n) is 13.8. The van der Waals surface area contributed by atoms with Crippen LogP contribution in [-0.4, -0.2) is 23.0 Å². The van der Waals surface area contributed by atoms with Gasteiger partial charge in [0.05, 0.1) is 0 Å². The molecule has 0 radical (unpaired) electrons. The smallest absolute Gasteiger partial charge is 0.358 e. The van der Waals surface area contributed by atoms with E-state index in [0.717, 1.165) is 5.56 Å². The minimum absolute atomic E-state index is 0.148. The summed E-state index contributed by atoms with van der Waals surface area (Å²) in [6, 6.07) is 14.8. The molecule has 0 spiro atoms. The molecule has 3 rings (SSSR count). The van der Waals surface area contributed by atoms with Gasteiger partial charge in [0.2, 0.25) is 0 Å². The molecule has 1 N–H and O–H groups in total. The first kappa shape index (κ1) is 17.8. The number of carbonyl (C=O) groups excluding carboxylic acids is 2. The molecule has 0 bridgehead atoms. The maximum atomic E-state index is 12.9. The number of hydrogen-bond acceptors (Lipinski definition) is 5. The Bertz CT molecular complexity index is 910. The summed E-state index contributed by atoms with van der Waals surface area (Å²) in [5, 5.41) is 4.84. The van der Waals surface area contributed by atoms with E-state index in [-0.39, 0.29) is 5.69 Å². The molecule has 0 saturated carbocycles. The number of ether oxygens (including phenoxy) is 1. The van der Waals surface area contributed by atoms with Crippen LogP contribution in [0.15, 0.2) is 60.0 Å². The molecule has 2 aromatic carbocycles. The number of hydrogen-bond donors (Lipinski definition) is 1. The maximum absolute atomic E-state index is 12.9. The van der Waals surface area contributed by atoms with Crippen molar-refractivity contribution < 1.29 is 18.7 Å². The van der Waals surface area contributed by atoms with Crippen LogP contribution < -0.4 is 5.32 Å². The summed E-state index contributed by atoms with van der Waals surface area (Å²) in [5.74, 6) is -1.59. The van der Waals surface area contributed by atoms with Gasteiger partial charge in [0.25, 0.3) is 5.91 Å². The molecule has 0 saturated heterocycles. The lowest BCUT2D eigenvalue weighted by Crippen LogP contribution is -2.30. The average molecular weight is 370 g/mol. The summed E-state index contributed by atoms with van der Waals surface area (Å²) in [6.45, 7) is 1.46. The largest absolute Gasteiger partial charge is 0.448 e. The molecular weight excluding hydrogens is 355 g/mol. The molecule has 0 aliphatic heterocycles. The van der Waals surface area contributed by atoms with Crippen molar-refractivity contribution in [2.75, 3.05) is 5.32 Å². The lowest BCUT2D eigenvalue weighted by Gasteiger charge is -2.12. The zero-order valence-corrected chi connectivity index (χ0v) is 14.6. The minimum Gasteiger partial charge on any atom is -0.448 e. The monoisotopic (exact) mass is 370 g/mol. The molecule has 7 heteroatoms. The van der Waals surface area contributed by atoms with Crippen LogP contribution in [0, 0.1) is 5.82 Å². The van der Waals surface area contributed by atoms with Crippen LogP contribution in [0.25, 0.3) is 10.6 Å². The first-order valence-electron chi connectivity index (χ1n) is 7.81. The Morgan fingerprint density at radius 3 is 2.50 bits per heavy atom. The topological polar surface area (TPSA) is 68.3 Å². The third-order valence-corrected chi connectivity index (χ3v) is 4.39. The third kappa shape index (κ3) is 4.31. The minimum atomic E-state index is -1.02. The van der Waals surface area contributed by atoms with Crippen LogP contribution in [0.4, 0.5) is 10.1 Å². The molecule has 0 unspecified atom stereocenters. The first-order valence-corrected chi connectivity index (χ1v) is 8.69. The van der Waals surface area contributed by atoms with Gasteiger partial charge in [-0.2, -0.15) is 0 Å². The van der Waals surface area contributed by atoms with E-state index in [4.69, 9.17) is 4.74 Å². The van der Waals surface area contributed by atoms with Crippen LogP contribution in [0.3, 0.4) is 0 Å². The van der Waals surface area contributed by atoms with E-state index in [1.807, 2.05) is 30.3 Å². The lowest BCUT2D eigenvalue weighted by molar-refractivity contribution is -0.123. The number of amides is 1. The van der Waals surface area contributed by atoms with Gasteiger partial charge >= 0.3 is 5.97 Å². The van der Waals surface area contributed by atoms with Crippen molar-refractivity contribution in [3.8, 4) is 10.6 Å². The van der Waals surface area contributed by atoms with E-state index in [0.29, 0.717) is 10.7 Å². The summed E-state index contributed by atoms with van der Waals surface area (Å²) < 4.78 is 18.0. The summed E-state index contributed by atoms with van der Waals surface area (Å²) in [5.41, 5.74) is 1.47. The Labute approximate surface area is 153 Å². The molecule has 3 aromatic rings. The number of carbonyl (C=O) groups is 2. The van der Waals surface area contributed by atoms with Gasteiger partial charge in [0.1, 0.15) is 10.8 Å². The molecule has 0 aliphatic rings. The summed E-state index contributed by atoms with van der Waals surface area (Å²) in [7, 11) is 0. The van der Waals surface area contributed by atoms with E-state index in [1.54, 1.807) is 5.38 Å². The van der Waals surface area contributed by atoms with Gasteiger partial charge in [0.15, 0.2) is 11.8 Å². The number of anilines is 1. The van der Waals surface area contributed by atoms with Gasteiger partial charge in [-0.25, -0.2) is 14.2 Å². The standard InChI is InChI=1S/C19H15FN2O3S/c1-12(17(23)21-15-9-7-14(20)8-10-15)25-19(24)16-11-26-18(22-16)13-5-3-2-4-6-13/h2-12H,1H3,(H,21,23)/t12-/m1/s1. The highest BCUT2D eigenvalue weighted by Gasteiger charge is 2.21. The summed E-state index contributed by atoms with van der Waals surface area (Å²) >= 11 is 1.32. The van der Waals surface area contributed by atoms with E-state index < -0.39 is 23.8 Å². The number of halogens is 1. The van der Waals surface area contributed by atoms with Gasteiger partial charge in [-0.15, -0.1) is 11.3 Å². The Morgan fingerprint density at radius 1 is 1.12 bits per heavy atom. The second-order valence-corrected chi connectivity index (χ2v) is 6.31. The highest BCUT2D eigenvalue weighted by molar-refractivity contribution is 7.13. The average Bonchev–Trinajstić information content (AvgIpc) is 3.14. The van der Waals surface area contributed by atoms with Crippen molar-refractivity contribution in [3.63, 3.8) is 0 Å². The number of esters is 1. The molecule has 1 heterocycles. The van der Waals surface area contributed by atoms with Gasteiger partial charge in [0, 0.05) is 16.6 Å². The summed E-state index contributed by atoms with van der Waals surface area (Å²) in [6.07, 6.45) is -1.02. The fourth-order valence-corrected chi connectivity index (χ4v) is 2.93. The molecule has 1 aromatic heterocycles. The fourth-order valence-electron chi connectivity index (χ4n) is 2.13. The van der Waals surface area contributed by atoms with E-state index in [9.17, 15) is 14.0 Å². The van der Waals surface area contributed by atoms with Crippen LogP contribution in [0.2, 0.25) is 0 Å². The van der Waals surface area contributed by atoms with Crippen LogP contribution in [-0.2, 0) is 9.53 Å². The molecule has 5 nitrogen and oxygen atoms in total. The Kier molecular flexibility index (Phi) is 5.38. The van der Waals surface area contributed by atoms with Crippen molar-refractivity contribution in [1.29, 1.82) is 0 Å². The quantitative estimate of drug-likeness (QED) is 0.686. The van der Waals surface area contributed by atoms with Crippen molar-refractivity contribution >= 4 is 28.9 Å². The molecule has 0 fully saturated rings. The molecule has 1 amide bonds. The molecule has 0 aliphatic carbocycles. The molecule has 132 valence electrons. The van der Waals surface area contributed by atoms with Crippen molar-refractivity contribution in [2.45, 2.75) is 13.0 Å². The number of nitrogens with one attached hydrogen (secondary N) is 1. The van der Waals surface area contributed by atoms with Gasteiger partial charge in [-0.1, -0.05) is 30.3 Å². The molecule has 26 heavy (non-hydrogen) atoms. The number of aromatic nitrogens is 1. The Morgan fingerprint density at radius 2 is 1.81 bits per heavy atom. The number of thiazole rings is 1. The number of rotatable bonds is 5. The third-order valence-electron chi connectivity index (χ3n) is 3.50. The second-order valence-electron chi connectivity index (χ2n) is 5.45. The first-order chi connectivity index (χ1) is 12.5. The van der Waals surface area contributed by atoms with Crippen molar-refractivity contribution in [2.24, 2.45) is 0 Å². The fraction of sp³-hybridized carbons (Fsp3) is 0.105. The van der Waals surface area contributed by atoms with Crippen molar-refractivity contribution in [1.82, 2.24) is 4.98 Å². The highest BCUT2D eigenvalue weighted by atomic mass is 32.1. The van der Waals surface area contributed by atoms with Crippen LogP contribution >= 0.6 is 11.3 Å². The lowest BCUT2D eigenvalue weighted by atomic mass is 10.2. The van der Waals surface area contributed by atoms with E-state index in [2.05, 4.69) is 10.3 Å². The normalized spacial score (nSPS) is 11.6. The zero-order chi connectivity index (χ0) is 18.5. The second kappa shape index (κ2) is 7.88. The highest BCUT2D eigenvalue weighted by Crippen LogP contribution is 2.23. The van der Waals surface area contributed by atoms with Gasteiger partial charge in [-0.3, -0.25) is 4.79 Å². The van der Waals surface area contributed by atoms with Gasteiger partial charge in [-0.05, 0) is 31.2 Å². The van der Waals surface area contributed by atoms with E-state index in [1.165, 1.54) is 42.5 Å². The van der Waals surface area contributed by atoms with Gasteiger partial charge < -0.3 is 10.1 Å².